The summed E-state index contributed by atoms with van der Waals surface area (Å²) >= 11 is 0. The van der Waals surface area contributed by atoms with Crippen LogP contribution in [0.25, 0.3) is 0 Å². The Kier molecular flexibility index (Phi) is 9.62. The molecule has 0 saturated carbocycles. The van der Waals surface area contributed by atoms with E-state index in [1.54, 1.807) is 83.1 Å². The number of carbonyl (C=O) groups is 2. The molecule has 174 valence electrons. The van der Waals surface area contributed by atoms with Crippen LogP contribution < -0.4 is 0 Å². The smallest absolute Gasteiger partial charge is 0.164 e. The Bertz CT molecular complexity index is 791. The van der Waals surface area contributed by atoms with Gasteiger partial charge in [0.25, 0.3) is 0 Å². The van der Waals surface area contributed by atoms with Crippen LogP contribution >= 0.6 is 0 Å². The van der Waals surface area contributed by atoms with Gasteiger partial charge in [0.05, 0.1) is 9.49 Å². The van der Waals surface area contributed by atoms with Crippen LogP contribution in [-0.2, 0) is 29.3 Å². The summed E-state index contributed by atoms with van der Waals surface area (Å²) in [6.07, 6.45) is 0. The Balaban J connectivity index is 0. The van der Waals surface area contributed by atoms with E-state index in [9.17, 15) is 26.4 Å². The first-order chi connectivity index (χ1) is 12.2. The van der Waals surface area contributed by atoms with Crippen molar-refractivity contribution in [2.75, 3.05) is 5.75 Å². The summed E-state index contributed by atoms with van der Waals surface area (Å²) in [5, 5.41) is -0.933. The summed E-state index contributed by atoms with van der Waals surface area (Å²) in [6.45, 7) is 21.6. The fourth-order valence-electron chi connectivity index (χ4n) is 1.89. The average Bonchev–Trinajstić information content (AvgIpc) is 2.41. The molecule has 0 aromatic carbocycles. The van der Waals surface area contributed by atoms with Gasteiger partial charge in [-0.3, -0.25) is 9.59 Å². The van der Waals surface area contributed by atoms with Gasteiger partial charge in [0.1, 0.15) is 11.0 Å². The third-order valence-corrected chi connectivity index (χ3v) is 9.88. The van der Waals surface area contributed by atoms with Gasteiger partial charge < -0.3 is 0 Å². The number of sulfone groups is 2. The molecule has 8 heteroatoms. The molecule has 0 N–H and O–H groups in total. The van der Waals surface area contributed by atoms with Crippen molar-refractivity contribution in [1.82, 2.24) is 0 Å². The van der Waals surface area contributed by atoms with E-state index in [4.69, 9.17) is 0 Å². The zero-order valence-electron chi connectivity index (χ0n) is 20.6. The van der Waals surface area contributed by atoms with Crippen molar-refractivity contribution < 1.29 is 26.4 Å². The molecule has 0 saturated heterocycles. The van der Waals surface area contributed by atoms with Gasteiger partial charge in [0.15, 0.2) is 31.2 Å². The lowest BCUT2D eigenvalue weighted by Gasteiger charge is -2.27. The van der Waals surface area contributed by atoms with Crippen LogP contribution in [0.2, 0.25) is 0 Å². The van der Waals surface area contributed by atoms with Gasteiger partial charge in [-0.2, -0.15) is 0 Å². The lowest BCUT2D eigenvalue weighted by Crippen LogP contribution is -2.44. The van der Waals surface area contributed by atoms with Crippen molar-refractivity contribution in [2.45, 2.75) is 105 Å². The zero-order valence-corrected chi connectivity index (χ0v) is 22.2. The molecule has 0 heterocycles. The lowest BCUT2D eigenvalue weighted by atomic mass is 9.89. The van der Waals surface area contributed by atoms with Crippen molar-refractivity contribution in [3.05, 3.63) is 0 Å². The maximum absolute atomic E-state index is 12.0. The van der Waals surface area contributed by atoms with Crippen LogP contribution in [0.4, 0.5) is 0 Å². The average molecular weight is 455 g/mol. The molecule has 0 aliphatic rings. The number of hydrogen-bond acceptors (Lipinski definition) is 6. The van der Waals surface area contributed by atoms with Crippen molar-refractivity contribution in [2.24, 2.45) is 10.8 Å². The molecule has 0 aromatic rings. The molecular formula is C21H42O6S2. The van der Waals surface area contributed by atoms with Crippen LogP contribution in [0.1, 0.15) is 90.0 Å². The summed E-state index contributed by atoms with van der Waals surface area (Å²) in [7, 11) is -6.74. The maximum Gasteiger partial charge on any atom is 0.164 e. The van der Waals surface area contributed by atoms with Gasteiger partial charge in [0, 0.05) is 10.8 Å². The van der Waals surface area contributed by atoms with Crippen molar-refractivity contribution >= 4 is 31.2 Å². The highest BCUT2D eigenvalue weighted by Crippen LogP contribution is 2.27. The van der Waals surface area contributed by atoms with E-state index in [1.165, 1.54) is 6.92 Å². The summed E-state index contributed by atoms with van der Waals surface area (Å²) in [6, 6.07) is 0. The predicted octanol–water partition coefficient (Wildman–Crippen LogP) is 4.02. The van der Waals surface area contributed by atoms with E-state index in [1.807, 2.05) is 0 Å². The second-order valence-corrected chi connectivity index (χ2v) is 17.2. The van der Waals surface area contributed by atoms with Crippen molar-refractivity contribution in [1.29, 1.82) is 0 Å². The fourth-order valence-corrected chi connectivity index (χ4v) is 4.79. The van der Waals surface area contributed by atoms with Crippen molar-refractivity contribution in [3.8, 4) is 0 Å². The third kappa shape index (κ3) is 8.87. The van der Waals surface area contributed by atoms with E-state index in [2.05, 4.69) is 0 Å². The molecule has 0 fully saturated rings. The van der Waals surface area contributed by atoms with Gasteiger partial charge in [-0.15, -0.1) is 0 Å². The topological polar surface area (TPSA) is 102 Å². The molecule has 0 aliphatic heterocycles. The van der Waals surface area contributed by atoms with Crippen LogP contribution in [0.3, 0.4) is 0 Å². The molecule has 1 atom stereocenters. The van der Waals surface area contributed by atoms with Crippen LogP contribution in [-0.4, -0.2) is 48.9 Å². The number of carbonyl (C=O) groups excluding carboxylic acids is 2. The minimum Gasteiger partial charge on any atom is -0.298 e. The van der Waals surface area contributed by atoms with E-state index in [0.29, 0.717) is 0 Å². The molecule has 0 amide bonds. The molecular weight excluding hydrogens is 412 g/mol. The number of Topliss-reactive ketones (excluding diaryl/α,β-unsaturated/α-hetero) is 2. The highest BCUT2D eigenvalue weighted by Gasteiger charge is 2.41. The van der Waals surface area contributed by atoms with Gasteiger partial charge in [-0.25, -0.2) is 16.8 Å². The molecule has 0 aliphatic carbocycles. The Labute approximate surface area is 179 Å². The number of ketones is 2. The summed E-state index contributed by atoms with van der Waals surface area (Å²) in [5.74, 6) is -0.815. The van der Waals surface area contributed by atoms with Crippen LogP contribution in [0.15, 0.2) is 0 Å². The van der Waals surface area contributed by atoms with Gasteiger partial charge in [-0.05, 0) is 48.5 Å². The van der Waals surface area contributed by atoms with Gasteiger partial charge >= 0.3 is 0 Å². The fraction of sp³-hybridized carbons (Fsp3) is 0.905. The molecule has 1 unspecified atom stereocenters. The van der Waals surface area contributed by atoms with Gasteiger partial charge in [0.2, 0.25) is 0 Å². The normalized spacial score (nSPS) is 15.2. The third-order valence-electron chi connectivity index (χ3n) is 4.52. The monoisotopic (exact) mass is 454 g/mol. The Hall–Kier alpha value is -0.760. The second-order valence-electron chi connectivity index (χ2n) is 11.5. The Morgan fingerprint density at radius 1 is 0.655 bits per heavy atom. The quantitative estimate of drug-likeness (QED) is 0.636. The van der Waals surface area contributed by atoms with Gasteiger partial charge in [-0.1, -0.05) is 41.5 Å². The SMILES string of the molecule is CC(C(=O)C(C)(C)C)S(=O)(=O)C(C)(C)C.CC(C)(C)C(=O)CS(=O)(=O)C(C)(C)C. The first kappa shape index (κ1) is 30.4. The number of rotatable bonds is 4. The summed E-state index contributed by atoms with van der Waals surface area (Å²) < 4.78 is 45.7. The van der Waals surface area contributed by atoms with Crippen molar-refractivity contribution in [3.63, 3.8) is 0 Å². The first-order valence-electron chi connectivity index (χ1n) is 9.73. The zero-order chi connectivity index (χ0) is 24.4. The van der Waals surface area contributed by atoms with E-state index >= 15 is 0 Å². The largest absolute Gasteiger partial charge is 0.298 e. The standard InChI is InChI=1S/C11H22O3S.C10H20O3S/c1-8(9(12)10(2,3)4)15(13,14)11(5,6)7;1-9(2,3)8(11)7-14(12,13)10(4,5)6/h8H,1-7H3;7H2,1-6H3. The summed E-state index contributed by atoms with van der Waals surface area (Å²) in [4.78, 5) is 23.4. The maximum atomic E-state index is 12.0. The Morgan fingerprint density at radius 2 is 1.00 bits per heavy atom. The van der Waals surface area contributed by atoms with Crippen LogP contribution in [0, 0.1) is 10.8 Å². The predicted molar refractivity (Wildman–Crippen MR) is 121 cm³/mol. The minimum absolute atomic E-state index is 0.225. The molecule has 0 radical (unpaired) electrons. The molecule has 0 bridgehead atoms. The molecule has 6 nitrogen and oxygen atoms in total. The lowest BCUT2D eigenvalue weighted by molar-refractivity contribution is -0.125. The van der Waals surface area contributed by atoms with E-state index in [0.717, 1.165) is 0 Å². The molecule has 0 spiro atoms. The summed E-state index contributed by atoms with van der Waals surface area (Å²) in [5.41, 5.74) is -1.20. The second kappa shape index (κ2) is 9.16. The van der Waals surface area contributed by atoms with Crippen LogP contribution in [0.5, 0.6) is 0 Å². The highest BCUT2D eigenvalue weighted by atomic mass is 32.2. The molecule has 0 aromatic heterocycles. The van der Waals surface area contributed by atoms with E-state index < -0.39 is 45.2 Å². The number of hydrogen-bond donors (Lipinski definition) is 0. The van der Waals surface area contributed by atoms with E-state index in [-0.39, 0.29) is 17.3 Å². The Morgan fingerprint density at radius 3 is 1.21 bits per heavy atom. The minimum atomic E-state index is -3.41. The molecule has 29 heavy (non-hydrogen) atoms. The highest BCUT2D eigenvalue weighted by molar-refractivity contribution is 7.94. The first-order valence-corrected chi connectivity index (χ1v) is 12.9. The molecule has 0 rings (SSSR count).